The highest BCUT2D eigenvalue weighted by molar-refractivity contribution is 5.90. The normalized spacial score (nSPS) is 9.64. The van der Waals surface area contributed by atoms with Gasteiger partial charge in [0.15, 0.2) is 0 Å². The molecule has 0 aliphatic carbocycles. The van der Waals surface area contributed by atoms with E-state index < -0.39 is 17.9 Å². The molecule has 25 heavy (non-hydrogen) atoms. The fourth-order valence-corrected chi connectivity index (χ4v) is 1.14. The van der Waals surface area contributed by atoms with Gasteiger partial charge in [0.05, 0.1) is 25.4 Å². The minimum atomic E-state index is -1.05. The largest absolute Gasteiger partial charge is 0.478 e. The minimum Gasteiger partial charge on any atom is -0.478 e. The second-order valence-corrected chi connectivity index (χ2v) is 4.52. The van der Waals surface area contributed by atoms with Crippen molar-refractivity contribution in [3.63, 3.8) is 0 Å². The summed E-state index contributed by atoms with van der Waals surface area (Å²) in [5, 5.41) is 16.4. The van der Waals surface area contributed by atoms with Gasteiger partial charge in [-0.2, -0.15) is 5.26 Å². The van der Waals surface area contributed by atoms with Crippen molar-refractivity contribution in [3.8, 4) is 6.07 Å². The lowest BCUT2D eigenvalue weighted by atomic mass is 10.2. The van der Waals surface area contributed by atoms with Crippen molar-refractivity contribution in [2.45, 2.75) is 26.2 Å². The number of esters is 2. The number of ether oxygens (including phenoxy) is 2. The van der Waals surface area contributed by atoms with Crippen LogP contribution in [0.15, 0.2) is 48.6 Å². The Bertz CT molecular complexity index is 581. The van der Waals surface area contributed by atoms with Crippen LogP contribution in [-0.4, -0.2) is 36.7 Å². The summed E-state index contributed by atoms with van der Waals surface area (Å²) < 4.78 is 9.19. The third-order valence-corrected chi connectivity index (χ3v) is 2.45. The molecular weight excluding hydrogens is 326 g/mol. The summed E-state index contributed by atoms with van der Waals surface area (Å²) in [4.78, 5) is 31.7. The average Bonchev–Trinajstić information content (AvgIpc) is 2.59. The monoisotopic (exact) mass is 349 g/mol. The summed E-state index contributed by atoms with van der Waals surface area (Å²) in [6.07, 6.45) is 6.85. The number of rotatable bonds is 9. The second-order valence-electron chi connectivity index (χ2n) is 4.52. The van der Waals surface area contributed by atoms with Crippen LogP contribution < -0.4 is 0 Å². The predicted octanol–water partition coefficient (Wildman–Crippen LogP) is 2.71. The Balaban J connectivity index is 0. The van der Waals surface area contributed by atoms with Gasteiger partial charge in [-0.05, 0) is 18.9 Å². The van der Waals surface area contributed by atoms with E-state index in [1.54, 1.807) is 6.07 Å². The van der Waals surface area contributed by atoms with Crippen LogP contribution in [0.2, 0.25) is 0 Å². The standard InChI is InChI=1S/C10H13NO2.C8H10O4/c1-3-4-8-13-10(12)9(2)6-5-7-11;1-6(8(11)12-2)4-3-5-7(9)10/h5-6H,2-4,8H2,1H3;3,5H,1,4H2,2H3,(H,9,10). The molecule has 136 valence electrons. The van der Waals surface area contributed by atoms with Crippen LogP contribution in [0.1, 0.15) is 26.2 Å². The summed E-state index contributed by atoms with van der Waals surface area (Å²) in [6.45, 7) is 9.29. The minimum absolute atomic E-state index is 0.193. The maximum Gasteiger partial charge on any atom is 0.337 e. The molecule has 0 atom stereocenters. The highest BCUT2D eigenvalue weighted by Crippen LogP contribution is 2.01. The zero-order chi connectivity index (χ0) is 19.7. The number of hydrogen-bond acceptors (Lipinski definition) is 6. The highest BCUT2D eigenvalue weighted by Gasteiger charge is 2.04. The number of allylic oxidation sites excluding steroid dienone is 2. The van der Waals surface area contributed by atoms with Gasteiger partial charge in [-0.3, -0.25) is 0 Å². The van der Waals surface area contributed by atoms with E-state index in [-0.39, 0.29) is 17.6 Å². The molecule has 0 amide bonds. The topological polar surface area (TPSA) is 114 Å². The average molecular weight is 349 g/mol. The summed E-state index contributed by atoms with van der Waals surface area (Å²) in [5.74, 6) is -2.03. The lowest BCUT2D eigenvalue weighted by Gasteiger charge is -2.01. The lowest BCUT2D eigenvalue weighted by molar-refractivity contribution is -0.139. The smallest absolute Gasteiger partial charge is 0.337 e. The molecule has 0 bridgehead atoms. The van der Waals surface area contributed by atoms with Crippen LogP contribution in [0.3, 0.4) is 0 Å². The Morgan fingerprint density at radius 1 is 1.20 bits per heavy atom. The first kappa shape index (κ1) is 24.1. The molecule has 0 rings (SSSR count). The Morgan fingerprint density at radius 3 is 2.32 bits per heavy atom. The van der Waals surface area contributed by atoms with Crippen molar-refractivity contribution < 1.29 is 29.0 Å². The third kappa shape index (κ3) is 15.5. The summed E-state index contributed by atoms with van der Waals surface area (Å²) in [7, 11) is 1.24. The molecule has 0 aromatic rings. The number of carbonyl (C=O) groups is 3. The van der Waals surface area contributed by atoms with Crippen LogP contribution in [0.5, 0.6) is 0 Å². The number of carboxylic acids is 1. The van der Waals surface area contributed by atoms with Crippen LogP contribution in [0, 0.1) is 11.3 Å². The van der Waals surface area contributed by atoms with Crippen molar-refractivity contribution in [2.24, 2.45) is 0 Å². The van der Waals surface area contributed by atoms with Crippen molar-refractivity contribution >= 4 is 17.9 Å². The number of carboxylic acid groups (broad SMARTS) is 1. The van der Waals surface area contributed by atoms with Crippen molar-refractivity contribution in [1.82, 2.24) is 0 Å². The van der Waals surface area contributed by atoms with E-state index in [0.29, 0.717) is 6.61 Å². The van der Waals surface area contributed by atoms with Gasteiger partial charge in [0.25, 0.3) is 0 Å². The second kappa shape index (κ2) is 15.7. The predicted molar refractivity (Wildman–Crippen MR) is 92.3 cm³/mol. The van der Waals surface area contributed by atoms with E-state index in [4.69, 9.17) is 15.1 Å². The van der Waals surface area contributed by atoms with Gasteiger partial charge in [0, 0.05) is 17.7 Å². The molecule has 0 heterocycles. The Morgan fingerprint density at radius 2 is 1.84 bits per heavy atom. The molecule has 1 N–H and O–H groups in total. The molecular formula is C18H23NO6. The van der Waals surface area contributed by atoms with Gasteiger partial charge in [0.2, 0.25) is 0 Å². The molecule has 0 unspecified atom stereocenters. The van der Waals surface area contributed by atoms with Crippen LogP contribution in [-0.2, 0) is 23.9 Å². The van der Waals surface area contributed by atoms with Gasteiger partial charge >= 0.3 is 17.9 Å². The molecule has 7 nitrogen and oxygen atoms in total. The van der Waals surface area contributed by atoms with Crippen LogP contribution in [0.25, 0.3) is 0 Å². The molecule has 0 aromatic heterocycles. The van der Waals surface area contributed by atoms with Gasteiger partial charge in [-0.25, -0.2) is 14.4 Å². The molecule has 0 aliphatic heterocycles. The summed E-state index contributed by atoms with van der Waals surface area (Å²) >= 11 is 0. The van der Waals surface area contributed by atoms with E-state index >= 15 is 0 Å². The molecule has 0 aromatic carbocycles. The van der Waals surface area contributed by atoms with E-state index in [9.17, 15) is 14.4 Å². The molecule has 0 radical (unpaired) electrons. The number of unbranched alkanes of at least 4 members (excludes halogenated alkanes) is 1. The number of hydrogen-bond donors (Lipinski definition) is 1. The molecule has 0 fully saturated rings. The fraction of sp³-hybridized carbons (Fsp3) is 0.333. The van der Waals surface area contributed by atoms with E-state index in [1.807, 2.05) is 6.92 Å². The van der Waals surface area contributed by atoms with Crippen molar-refractivity contribution in [1.29, 1.82) is 5.26 Å². The SMILES string of the molecule is C=C(C=CC#N)C(=O)OCCCC.C=C(CC=CC(=O)O)C(=O)OC. The highest BCUT2D eigenvalue weighted by atomic mass is 16.5. The number of methoxy groups -OCH3 is 1. The maximum atomic E-state index is 11.0. The lowest BCUT2D eigenvalue weighted by Crippen LogP contribution is -2.06. The Hall–Kier alpha value is -3.14. The molecule has 0 aliphatic rings. The Kier molecular flexibility index (Phi) is 15.2. The van der Waals surface area contributed by atoms with Gasteiger partial charge in [0.1, 0.15) is 0 Å². The van der Waals surface area contributed by atoms with Crippen LogP contribution in [0.4, 0.5) is 0 Å². The zero-order valence-corrected chi connectivity index (χ0v) is 14.5. The molecule has 0 spiro atoms. The molecule has 0 saturated carbocycles. The number of nitrogens with zero attached hydrogens (tertiary/aromatic N) is 1. The summed E-state index contributed by atoms with van der Waals surface area (Å²) in [5.41, 5.74) is 0.438. The number of nitriles is 1. The van der Waals surface area contributed by atoms with Crippen LogP contribution >= 0.6 is 0 Å². The van der Waals surface area contributed by atoms with Crippen molar-refractivity contribution in [3.05, 3.63) is 48.6 Å². The maximum absolute atomic E-state index is 11.0. The number of aliphatic carboxylic acids is 1. The molecule has 7 heteroatoms. The van der Waals surface area contributed by atoms with Gasteiger partial charge in [-0.1, -0.05) is 32.6 Å². The van der Waals surface area contributed by atoms with Gasteiger partial charge in [-0.15, -0.1) is 0 Å². The molecule has 0 saturated heterocycles. The first-order valence-corrected chi connectivity index (χ1v) is 7.37. The first-order valence-electron chi connectivity index (χ1n) is 7.37. The Labute approximate surface area is 147 Å². The third-order valence-electron chi connectivity index (χ3n) is 2.45. The quantitative estimate of drug-likeness (QED) is 0.224. The van der Waals surface area contributed by atoms with Crippen molar-refractivity contribution in [2.75, 3.05) is 13.7 Å². The van der Waals surface area contributed by atoms with Gasteiger partial charge < -0.3 is 14.6 Å². The van der Waals surface area contributed by atoms with E-state index in [0.717, 1.165) is 18.9 Å². The van der Waals surface area contributed by atoms with E-state index in [1.165, 1.54) is 25.3 Å². The number of carbonyl (C=O) groups excluding carboxylic acids is 2. The fourth-order valence-electron chi connectivity index (χ4n) is 1.14. The first-order chi connectivity index (χ1) is 11.8. The zero-order valence-electron chi connectivity index (χ0n) is 14.5. The summed E-state index contributed by atoms with van der Waals surface area (Å²) in [6, 6.07) is 1.77. The van der Waals surface area contributed by atoms with E-state index in [2.05, 4.69) is 17.9 Å².